The summed E-state index contributed by atoms with van der Waals surface area (Å²) in [5.74, 6) is -1.00. The fourth-order valence-electron chi connectivity index (χ4n) is 0.877. The van der Waals surface area contributed by atoms with Crippen molar-refractivity contribution < 1.29 is 14.8 Å². The van der Waals surface area contributed by atoms with Crippen molar-refractivity contribution in [2.45, 2.75) is 6.54 Å². The van der Waals surface area contributed by atoms with E-state index < -0.39 is 16.8 Å². The molecule has 0 bridgehead atoms. The van der Waals surface area contributed by atoms with Gasteiger partial charge in [-0.05, 0) is 9.91 Å². The largest absolute Gasteiger partial charge is 0.492 e. The maximum Gasteiger partial charge on any atom is 0.492 e. The van der Waals surface area contributed by atoms with Crippen molar-refractivity contribution in [1.82, 2.24) is 20.1 Å². The molecule has 0 unspecified atom stereocenters. The third-order valence-corrected chi connectivity index (χ3v) is 2.09. The SMILES string of the molecule is O=C(Cn1nc([N+](=O)[O-])nc1Br)NCCO. The van der Waals surface area contributed by atoms with E-state index >= 15 is 0 Å². The minimum absolute atomic E-state index is 0.0957. The number of amides is 1. The van der Waals surface area contributed by atoms with Gasteiger partial charge in [-0.15, -0.1) is 0 Å². The zero-order valence-electron chi connectivity index (χ0n) is 7.96. The third kappa shape index (κ3) is 3.24. The number of rotatable bonds is 5. The summed E-state index contributed by atoms with van der Waals surface area (Å²) in [7, 11) is 0. The van der Waals surface area contributed by atoms with Crippen molar-refractivity contribution in [2.24, 2.45) is 0 Å². The van der Waals surface area contributed by atoms with Crippen LogP contribution < -0.4 is 5.32 Å². The number of aromatic nitrogens is 3. The van der Waals surface area contributed by atoms with Crippen LogP contribution in [0.25, 0.3) is 0 Å². The molecule has 0 saturated heterocycles. The van der Waals surface area contributed by atoms with Crippen LogP contribution in [0.15, 0.2) is 4.73 Å². The average Bonchev–Trinajstić information content (AvgIpc) is 2.57. The van der Waals surface area contributed by atoms with Crippen LogP contribution in [0.1, 0.15) is 0 Å². The van der Waals surface area contributed by atoms with Gasteiger partial charge in [-0.3, -0.25) is 4.79 Å². The molecule has 88 valence electrons. The lowest BCUT2D eigenvalue weighted by atomic mass is 10.5. The molecule has 1 heterocycles. The second-order valence-electron chi connectivity index (χ2n) is 2.67. The van der Waals surface area contributed by atoms with E-state index in [1.54, 1.807) is 0 Å². The molecule has 1 aromatic heterocycles. The highest BCUT2D eigenvalue weighted by Crippen LogP contribution is 2.11. The maximum absolute atomic E-state index is 11.2. The van der Waals surface area contributed by atoms with E-state index in [1.165, 1.54) is 0 Å². The van der Waals surface area contributed by atoms with Crippen LogP contribution in [-0.2, 0) is 11.3 Å². The number of aliphatic hydroxyl groups excluding tert-OH is 1. The normalized spacial score (nSPS) is 10.1. The minimum Gasteiger partial charge on any atom is -0.395 e. The van der Waals surface area contributed by atoms with Crippen molar-refractivity contribution in [2.75, 3.05) is 13.2 Å². The van der Waals surface area contributed by atoms with Crippen LogP contribution in [0.5, 0.6) is 0 Å². The van der Waals surface area contributed by atoms with Crippen molar-refractivity contribution in [3.63, 3.8) is 0 Å². The summed E-state index contributed by atoms with van der Waals surface area (Å²) in [6.07, 6.45) is 0. The number of hydrogen-bond donors (Lipinski definition) is 2. The number of aliphatic hydroxyl groups is 1. The van der Waals surface area contributed by atoms with Gasteiger partial charge in [-0.2, -0.15) is 4.68 Å². The van der Waals surface area contributed by atoms with Crippen molar-refractivity contribution in [3.05, 3.63) is 14.8 Å². The van der Waals surface area contributed by atoms with Crippen molar-refractivity contribution in [1.29, 1.82) is 0 Å². The molecule has 0 spiro atoms. The first-order chi connectivity index (χ1) is 7.54. The van der Waals surface area contributed by atoms with Gasteiger partial charge in [0.05, 0.1) is 6.61 Å². The summed E-state index contributed by atoms with van der Waals surface area (Å²) in [5, 5.41) is 24.7. The fourth-order valence-corrected chi connectivity index (χ4v) is 1.24. The Morgan fingerprint density at radius 2 is 2.38 bits per heavy atom. The molecule has 0 atom stereocenters. The van der Waals surface area contributed by atoms with Gasteiger partial charge in [-0.25, -0.2) is 0 Å². The molecule has 0 fully saturated rings. The summed E-state index contributed by atoms with van der Waals surface area (Å²) in [6.45, 7) is -0.265. The monoisotopic (exact) mass is 293 g/mol. The Morgan fingerprint density at radius 1 is 1.69 bits per heavy atom. The van der Waals surface area contributed by atoms with Gasteiger partial charge < -0.3 is 20.5 Å². The molecule has 2 N–H and O–H groups in total. The van der Waals surface area contributed by atoms with Crippen LogP contribution in [0, 0.1) is 10.1 Å². The highest BCUT2D eigenvalue weighted by atomic mass is 79.9. The van der Waals surface area contributed by atoms with Crippen LogP contribution in [-0.4, -0.2) is 43.9 Å². The van der Waals surface area contributed by atoms with E-state index in [4.69, 9.17) is 5.11 Å². The summed E-state index contributed by atoms with van der Waals surface area (Å²) in [5.41, 5.74) is 0. The summed E-state index contributed by atoms with van der Waals surface area (Å²) in [4.78, 5) is 24.3. The molecule has 0 aliphatic heterocycles. The van der Waals surface area contributed by atoms with Gasteiger partial charge in [0.15, 0.2) is 0 Å². The zero-order chi connectivity index (χ0) is 12.1. The first kappa shape index (κ1) is 12.5. The topological polar surface area (TPSA) is 123 Å². The molecule has 16 heavy (non-hydrogen) atoms. The molecule has 0 aliphatic rings. The minimum atomic E-state index is -0.757. The lowest BCUT2D eigenvalue weighted by Crippen LogP contribution is -2.30. The molecule has 10 heteroatoms. The highest BCUT2D eigenvalue weighted by Gasteiger charge is 2.20. The molecular formula is C6H8BrN5O4. The molecule has 0 aromatic carbocycles. The van der Waals surface area contributed by atoms with E-state index in [2.05, 4.69) is 31.3 Å². The van der Waals surface area contributed by atoms with Gasteiger partial charge in [0, 0.05) is 27.6 Å². The number of nitrogens with one attached hydrogen (secondary N) is 1. The second kappa shape index (κ2) is 5.51. The molecule has 1 rings (SSSR count). The van der Waals surface area contributed by atoms with Gasteiger partial charge in [0.25, 0.3) is 4.73 Å². The number of nitro groups is 1. The quantitative estimate of drug-likeness (QED) is 0.533. The Labute approximate surface area is 97.7 Å². The molecule has 0 radical (unpaired) electrons. The highest BCUT2D eigenvalue weighted by molar-refractivity contribution is 9.10. The van der Waals surface area contributed by atoms with E-state index in [-0.39, 0.29) is 24.4 Å². The Balaban J connectivity index is 2.66. The van der Waals surface area contributed by atoms with Gasteiger partial charge >= 0.3 is 5.95 Å². The number of halogens is 1. The molecule has 0 aliphatic carbocycles. The van der Waals surface area contributed by atoms with Crippen LogP contribution >= 0.6 is 15.9 Å². The molecule has 1 aromatic rings. The van der Waals surface area contributed by atoms with E-state index in [9.17, 15) is 14.9 Å². The first-order valence-electron chi connectivity index (χ1n) is 4.17. The smallest absolute Gasteiger partial charge is 0.395 e. The summed E-state index contributed by atoms with van der Waals surface area (Å²) >= 11 is 2.94. The lowest BCUT2D eigenvalue weighted by molar-refractivity contribution is -0.394. The Hall–Kier alpha value is -1.55. The molecular weight excluding hydrogens is 286 g/mol. The summed E-state index contributed by atoms with van der Waals surface area (Å²) < 4.78 is 1.14. The fraction of sp³-hybridized carbons (Fsp3) is 0.500. The first-order valence-corrected chi connectivity index (χ1v) is 4.96. The Morgan fingerprint density at radius 3 is 2.88 bits per heavy atom. The molecule has 0 saturated carbocycles. The standard InChI is InChI=1S/C6H8BrN5O4/c7-5-9-6(12(15)16)10-11(5)3-4(14)8-1-2-13/h13H,1-3H2,(H,8,14). The molecule has 1 amide bonds. The number of nitrogens with zero attached hydrogens (tertiary/aromatic N) is 4. The van der Waals surface area contributed by atoms with E-state index in [0.29, 0.717) is 0 Å². The number of hydrogen-bond acceptors (Lipinski definition) is 6. The lowest BCUT2D eigenvalue weighted by Gasteiger charge is -2.00. The summed E-state index contributed by atoms with van der Waals surface area (Å²) in [6, 6.07) is 0. The van der Waals surface area contributed by atoms with E-state index in [1.807, 2.05) is 0 Å². The van der Waals surface area contributed by atoms with E-state index in [0.717, 1.165) is 4.68 Å². The number of carbonyl (C=O) groups is 1. The number of carbonyl (C=O) groups excluding carboxylic acids is 1. The molecule has 9 nitrogen and oxygen atoms in total. The third-order valence-electron chi connectivity index (χ3n) is 1.51. The van der Waals surface area contributed by atoms with Gasteiger partial charge in [-0.1, -0.05) is 0 Å². The predicted octanol–water partition coefficient (Wildman–Crippen LogP) is -0.943. The van der Waals surface area contributed by atoms with Crippen molar-refractivity contribution >= 4 is 27.8 Å². The van der Waals surface area contributed by atoms with Crippen LogP contribution in [0.3, 0.4) is 0 Å². The second-order valence-corrected chi connectivity index (χ2v) is 3.38. The predicted molar refractivity (Wildman–Crippen MR) is 54.5 cm³/mol. The average molecular weight is 294 g/mol. The van der Waals surface area contributed by atoms with Gasteiger partial charge in [0.1, 0.15) is 6.54 Å². The van der Waals surface area contributed by atoms with Crippen LogP contribution in [0.2, 0.25) is 0 Å². The maximum atomic E-state index is 11.2. The van der Waals surface area contributed by atoms with Crippen molar-refractivity contribution in [3.8, 4) is 0 Å². The Kier molecular flexibility index (Phi) is 4.31. The van der Waals surface area contributed by atoms with Gasteiger partial charge in [0.2, 0.25) is 5.91 Å². The zero-order valence-corrected chi connectivity index (χ0v) is 9.55. The Bertz CT molecular complexity index is 406. The van der Waals surface area contributed by atoms with Crippen LogP contribution in [0.4, 0.5) is 5.95 Å².